The number of aryl methyl sites for hydroxylation is 1. The first-order chi connectivity index (χ1) is 10.8. The summed E-state index contributed by atoms with van der Waals surface area (Å²) in [6.45, 7) is 1.34. The van der Waals surface area contributed by atoms with Gasteiger partial charge >= 0.3 is 6.18 Å². The van der Waals surface area contributed by atoms with Crippen molar-refractivity contribution in [1.82, 2.24) is 18.9 Å². The molecule has 3 aromatic heterocycles. The van der Waals surface area contributed by atoms with Crippen molar-refractivity contribution in [2.24, 2.45) is 0 Å². The van der Waals surface area contributed by atoms with E-state index in [-0.39, 0.29) is 17.3 Å². The Bertz CT molecular complexity index is 951. The zero-order valence-corrected chi connectivity index (χ0v) is 13.1. The molecular formula is C13H8ClF3N4OS. The van der Waals surface area contributed by atoms with E-state index in [0.29, 0.717) is 15.9 Å². The van der Waals surface area contributed by atoms with Gasteiger partial charge in [0.05, 0.1) is 24.0 Å². The molecule has 0 bridgehead atoms. The van der Waals surface area contributed by atoms with E-state index in [1.165, 1.54) is 18.5 Å². The number of nitrogens with zero attached hydrogens (tertiary/aromatic N) is 4. The molecule has 0 radical (unpaired) electrons. The van der Waals surface area contributed by atoms with E-state index in [9.17, 15) is 18.0 Å². The van der Waals surface area contributed by atoms with Gasteiger partial charge in [0.1, 0.15) is 5.15 Å². The topological polar surface area (TPSA) is 60.7 Å². The van der Waals surface area contributed by atoms with Gasteiger partial charge < -0.3 is 0 Å². The molecule has 0 spiro atoms. The normalized spacial score (nSPS) is 12.0. The van der Waals surface area contributed by atoms with Crippen LogP contribution < -0.4 is 5.56 Å². The molecule has 0 saturated heterocycles. The van der Waals surface area contributed by atoms with Gasteiger partial charge in [-0.05, 0) is 24.5 Å². The zero-order valence-electron chi connectivity index (χ0n) is 11.6. The molecule has 120 valence electrons. The largest absolute Gasteiger partial charge is 0.433 e. The van der Waals surface area contributed by atoms with Crippen molar-refractivity contribution in [2.75, 3.05) is 0 Å². The molecular weight excluding hydrogens is 353 g/mol. The molecule has 0 aromatic carbocycles. The van der Waals surface area contributed by atoms with Crippen LogP contribution in [-0.2, 0) is 12.7 Å². The molecule has 0 N–H and O–H groups in total. The minimum atomic E-state index is -4.67. The lowest BCUT2D eigenvalue weighted by atomic mass is 10.2. The van der Waals surface area contributed by atoms with Gasteiger partial charge in [0.25, 0.3) is 5.56 Å². The molecule has 0 amide bonds. The molecule has 0 aliphatic heterocycles. The van der Waals surface area contributed by atoms with E-state index in [4.69, 9.17) is 11.6 Å². The second kappa shape index (κ2) is 5.57. The van der Waals surface area contributed by atoms with Crippen LogP contribution in [0, 0.1) is 6.92 Å². The van der Waals surface area contributed by atoms with Crippen molar-refractivity contribution >= 4 is 33.4 Å². The van der Waals surface area contributed by atoms with Crippen LogP contribution >= 0.6 is 23.1 Å². The second-order valence-corrected chi connectivity index (χ2v) is 5.90. The lowest BCUT2D eigenvalue weighted by Crippen LogP contribution is -2.23. The maximum Gasteiger partial charge on any atom is 0.433 e. The predicted molar refractivity (Wildman–Crippen MR) is 79.8 cm³/mol. The Labute approximate surface area is 136 Å². The van der Waals surface area contributed by atoms with Gasteiger partial charge in [0.2, 0.25) is 0 Å². The van der Waals surface area contributed by atoms with Crippen LogP contribution in [0.1, 0.15) is 17.0 Å². The highest BCUT2D eigenvalue weighted by Crippen LogP contribution is 2.31. The standard InChI is InChI=1S/C13H8ClF3N4OS/c1-6-9-11(23-20-6)18-5-21(12(9)22)4-7-2-3-8(14)19-10(7)13(15,16)17/h2-3,5H,4H2,1H3. The van der Waals surface area contributed by atoms with Crippen molar-refractivity contribution in [3.05, 3.63) is 50.9 Å². The first-order valence-electron chi connectivity index (χ1n) is 6.31. The summed E-state index contributed by atoms with van der Waals surface area (Å²) in [5.41, 5.74) is -1.21. The van der Waals surface area contributed by atoms with Crippen LogP contribution in [0.5, 0.6) is 0 Å². The number of aromatic nitrogens is 4. The summed E-state index contributed by atoms with van der Waals surface area (Å²) in [6.07, 6.45) is -3.46. The Kier molecular flexibility index (Phi) is 3.85. The van der Waals surface area contributed by atoms with Gasteiger partial charge in [-0.3, -0.25) is 9.36 Å². The highest BCUT2D eigenvalue weighted by atomic mass is 35.5. The van der Waals surface area contributed by atoms with Crippen molar-refractivity contribution < 1.29 is 13.2 Å². The summed E-state index contributed by atoms with van der Waals surface area (Å²) in [6, 6.07) is 2.45. The van der Waals surface area contributed by atoms with Crippen molar-refractivity contribution in [2.45, 2.75) is 19.6 Å². The number of fused-ring (bicyclic) bond motifs is 1. The van der Waals surface area contributed by atoms with Crippen molar-refractivity contribution in [1.29, 1.82) is 0 Å². The SMILES string of the molecule is Cc1nsc2ncn(Cc3ccc(Cl)nc3C(F)(F)F)c(=O)c12. The van der Waals surface area contributed by atoms with E-state index < -0.39 is 17.4 Å². The molecule has 0 unspecified atom stereocenters. The van der Waals surface area contributed by atoms with Crippen LogP contribution in [0.3, 0.4) is 0 Å². The zero-order chi connectivity index (χ0) is 16.8. The minimum Gasteiger partial charge on any atom is -0.294 e. The summed E-state index contributed by atoms with van der Waals surface area (Å²) >= 11 is 6.61. The maximum atomic E-state index is 13.1. The van der Waals surface area contributed by atoms with Crippen molar-refractivity contribution in [3.63, 3.8) is 0 Å². The Morgan fingerprint density at radius 3 is 2.78 bits per heavy atom. The molecule has 0 aliphatic rings. The number of pyridine rings is 1. The summed E-state index contributed by atoms with van der Waals surface area (Å²) in [5, 5.41) is 0.0489. The third kappa shape index (κ3) is 2.93. The fourth-order valence-electron chi connectivity index (χ4n) is 2.14. The van der Waals surface area contributed by atoms with Crippen LogP contribution in [0.2, 0.25) is 5.15 Å². The van der Waals surface area contributed by atoms with Gasteiger partial charge in [0, 0.05) is 5.56 Å². The maximum absolute atomic E-state index is 13.1. The van der Waals surface area contributed by atoms with Gasteiger partial charge in [-0.25, -0.2) is 9.97 Å². The quantitative estimate of drug-likeness (QED) is 0.658. The predicted octanol–water partition coefficient (Wildman–Crippen LogP) is 3.28. The van der Waals surface area contributed by atoms with E-state index in [2.05, 4.69) is 14.3 Å². The minimum absolute atomic E-state index is 0.161. The number of halogens is 4. The van der Waals surface area contributed by atoms with Crippen LogP contribution in [0.25, 0.3) is 10.2 Å². The molecule has 5 nitrogen and oxygen atoms in total. The molecule has 23 heavy (non-hydrogen) atoms. The first-order valence-corrected chi connectivity index (χ1v) is 7.46. The summed E-state index contributed by atoms with van der Waals surface area (Å²) in [7, 11) is 0. The lowest BCUT2D eigenvalue weighted by molar-refractivity contribution is -0.141. The molecule has 0 fully saturated rings. The van der Waals surface area contributed by atoms with Gasteiger partial charge in [-0.2, -0.15) is 17.5 Å². The van der Waals surface area contributed by atoms with Crippen molar-refractivity contribution in [3.8, 4) is 0 Å². The van der Waals surface area contributed by atoms with E-state index in [1.807, 2.05) is 0 Å². The number of rotatable bonds is 2. The average molecular weight is 361 g/mol. The Balaban J connectivity index is 2.12. The first kappa shape index (κ1) is 15.9. The number of alkyl halides is 3. The van der Waals surface area contributed by atoms with Gasteiger partial charge in [-0.15, -0.1) is 0 Å². The lowest BCUT2D eigenvalue weighted by Gasteiger charge is -2.13. The third-order valence-corrected chi connectivity index (χ3v) is 4.25. The van der Waals surface area contributed by atoms with Crippen LogP contribution in [0.15, 0.2) is 23.3 Å². The highest BCUT2D eigenvalue weighted by Gasteiger charge is 2.35. The summed E-state index contributed by atoms with van der Waals surface area (Å²) in [4.78, 5) is 20.3. The van der Waals surface area contributed by atoms with Gasteiger partial charge in [-0.1, -0.05) is 17.7 Å². The fourth-order valence-corrected chi connectivity index (χ4v) is 3.03. The highest BCUT2D eigenvalue weighted by molar-refractivity contribution is 7.12. The third-order valence-electron chi connectivity index (χ3n) is 3.19. The smallest absolute Gasteiger partial charge is 0.294 e. The molecule has 10 heteroatoms. The van der Waals surface area contributed by atoms with E-state index in [0.717, 1.165) is 16.1 Å². The van der Waals surface area contributed by atoms with Crippen LogP contribution in [-0.4, -0.2) is 18.9 Å². The molecule has 3 rings (SSSR count). The van der Waals surface area contributed by atoms with E-state index >= 15 is 0 Å². The Morgan fingerprint density at radius 1 is 1.35 bits per heavy atom. The average Bonchev–Trinajstić information content (AvgIpc) is 2.85. The van der Waals surface area contributed by atoms with E-state index in [1.54, 1.807) is 6.92 Å². The molecule has 0 saturated carbocycles. The fraction of sp³-hybridized carbons (Fsp3) is 0.231. The summed E-state index contributed by atoms with van der Waals surface area (Å²) < 4.78 is 44.3. The second-order valence-electron chi connectivity index (χ2n) is 4.77. The molecule has 0 aliphatic carbocycles. The Hall–Kier alpha value is -2.00. The summed E-state index contributed by atoms with van der Waals surface area (Å²) in [5.74, 6) is 0. The van der Waals surface area contributed by atoms with Gasteiger partial charge in [0.15, 0.2) is 10.5 Å². The number of hydrogen-bond donors (Lipinski definition) is 0. The van der Waals surface area contributed by atoms with Crippen LogP contribution in [0.4, 0.5) is 13.2 Å². The monoisotopic (exact) mass is 360 g/mol. The molecule has 0 atom stereocenters. The molecule has 3 heterocycles. The number of hydrogen-bond acceptors (Lipinski definition) is 5. The Morgan fingerprint density at radius 2 is 2.09 bits per heavy atom. The molecule has 3 aromatic rings.